The quantitative estimate of drug-likeness (QED) is 0.791. The first kappa shape index (κ1) is 15.9. The molecule has 0 amide bonds. The Balaban J connectivity index is 1.93. The largest absolute Gasteiger partial charge is 0.379 e. The molecule has 0 spiro atoms. The van der Waals surface area contributed by atoms with Gasteiger partial charge in [0, 0.05) is 38.1 Å². The predicted octanol–water partition coefficient (Wildman–Crippen LogP) is 0.163. The van der Waals surface area contributed by atoms with Crippen molar-refractivity contribution in [1.29, 1.82) is 0 Å². The lowest BCUT2D eigenvalue weighted by Gasteiger charge is -2.28. The van der Waals surface area contributed by atoms with E-state index in [4.69, 9.17) is 4.74 Å². The first-order chi connectivity index (χ1) is 10.4. The van der Waals surface area contributed by atoms with Crippen LogP contribution < -0.4 is 0 Å². The van der Waals surface area contributed by atoms with Gasteiger partial charge in [0.2, 0.25) is 10.0 Å². The van der Waals surface area contributed by atoms with Crippen molar-refractivity contribution in [2.24, 2.45) is 5.92 Å². The highest BCUT2D eigenvalue weighted by Gasteiger charge is 2.38. The van der Waals surface area contributed by atoms with Gasteiger partial charge in [-0.15, -0.1) is 0 Å². The molecule has 124 valence electrons. The molecule has 8 heteroatoms. The molecule has 3 heterocycles. The van der Waals surface area contributed by atoms with Crippen molar-refractivity contribution in [2.75, 3.05) is 39.9 Å². The maximum atomic E-state index is 13.0. The fourth-order valence-electron chi connectivity index (χ4n) is 3.34. The summed E-state index contributed by atoms with van der Waals surface area (Å²) >= 11 is 0. The molecule has 1 aromatic rings. The Morgan fingerprint density at radius 3 is 2.77 bits per heavy atom. The molecular formula is C14H24N4O3S. The van der Waals surface area contributed by atoms with Crippen LogP contribution in [0.4, 0.5) is 0 Å². The van der Waals surface area contributed by atoms with Crippen LogP contribution in [0.25, 0.3) is 0 Å². The molecule has 2 aliphatic rings. The Bertz CT molecular complexity index is 643. The van der Waals surface area contributed by atoms with Crippen LogP contribution in [-0.4, -0.2) is 73.3 Å². The Hall–Kier alpha value is -0.960. The fourth-order valence-corrected chi connectivity index (χ4v) is 5.06. The molecule has 0 N–H and O–H groups in total. The van der Waals surface area contributed by atoms with E-state index in [0.29, 0.717) is 43.4 Å². The average molecular weight is 328 g/mol. The van der Waals surface area contributed by atoms with Crippen molar-refractivity contribution in [1.82, 2.24) is 19.0 Å². The number of nitrogens with zero attached hydrogens (tertiary/aromatic N) is 4. The molecule has 7 nitrogen and oxygen atoms in total. The molecule has 2 saturated heterocycles. The van der Waals surface area contributed by atoms with Gasteiger partial charge in [-0.3, -0.25) is 9.58 Å². The van der Waals surface area contributed by atoms with Gasteiger partial charge in [-0.1, -0.05) is 0 Å². The summed E-state index contributed by atoms with van der Waals surface area (Å²) < 4.78 is 35.1. The van der Waals surface area contributed by atoms with Gasteiger partial charge in [-0.25, -0.2) is 8.42 Å². The zero-order valence-electron chi connectivity index (χ0n) is 13.4. The van der Waals surface area contributed by atoms with Crippen molar-refractivity contribution in [3.8, 4) is 0 Å². The highest BCUT2D eigenvalue weighted by molar-refractivity contribution is 7.89. The molecule has 0 aromatic carbocycles. The number of hydrogen-bond donors (Lipinski definition) is 0. The lowest BCUT2D eigenvalue weighted by molar-refractivity contribution is 0.0727. The number of aromatic nitrogens is 2. The summed E-state index contributed by atoms with van der Waals surface area (Å²) in [4.78, 5) is 2.55. The number of hydrogen-bond acceptors (Lipinski definition) is 5. The van der Waals surface area contributed by atoms with Crippen LogP contribution in [-0.2, 0) is 21.3 Å². The van der Waals surface area contributed by atoms with Gasteiger partial charge in [-0.2, -0.15) is 9.40 Å². The first-order valence-corrected chi connectivity index (χ1v) is 9.18. The third kappa shape index (κ3) is 2.68. The lowest BCUT2D eigenvalue weighted by Crippen LogP contribution is -2.44. The fraction of sp³-hybridized carbons (Fsp3) is 0.786. The van der Waals surface area contributed by atoms with Gasteiger partial charge < -0.3 is 4.74 Å². The summed E-state index contributed by atoms with van der Waals surface area (Å²) in [5.74, 6) is 0.216. The number of likely N-dealkylation sites (N-methyl/N-ethyl adjacent to an activating group) is 1. The first-order valence-electron chi connectivity index (χ1n) is 7.74. The van der Waals surface area contributed by atoms with Crippen molar-refractivity contribution < 1.29 is 13.2 Å². The van der Waals surface area contributed by atoms with Crippen molar-refractivity contribution >= 4 is 10.0 Å². The minimum absolute atomic E-state index is 0.115. The van der Waals surface area contributed by atoms with E-state index < -0.39 is 10.0 Å². The molecule has 22 heavy (non-hydrogen) atoms. The molecule has 1 aromatic heterocycles. The van der Waals surface area contributed by atoms with E-state index in [9.17, 15) is 8.42 Å². The van der Waals surface area contributed by atoms with Crippen LogP contribution >= 0.6 is 0 Å². The molecule has 0 saturated carbocycles. The van der Waals surface area contributed by atoms with E-state index in [0.717, 1.165) is 6.54 Å². The summed E-state index contributed by atoms with van der Waals surface area (Å²) in [7, 11) is -1.46. The Labute approximate surface area is 131 Å². The zero-order valence-corrected chi connectivity index (χ0v) is 14.2. The molecule has 2 aliphatic heterocycles. The van der Waals surface area contributed by atoms with Gasteiger partial charge in [-0.05, 0) is 20.9 Å². The maximum absolute atomic E-state index is 13.0. The van der Waals surface area contributed by atoms with E-state index in [-0.39, 0.29) is 12.0 Å². The third-order valence-corrected chi connectivity index (χ3v) is 6.62. The molecule has 0 unspecified atom stereocenters. The Morgan fingerprint density at radius 2 is 2.09 bits per heavy atom. The van der Waals surface area contributed by atoms with Crippen LogP contribution in [0.3, 0.4) is 0 Å². The van der Waals surface area contributed by atoms with E-state index >= 15 is 0 Å². The number of fused-ring (bicyclic) bond motifs is 3. The second-order valence-electron chi connectivity index (χ2n) is 6.23. The van der Waals surface area contributed by atoms with Gasteiger partial charge in [0.25, 0.3) is 0 Å². The predicted molar refractivity (Wildman–Crippen MR) is 82.1 cm³/mol. The highest BCUT2D eigenvalue weighted by Crippen LogP contribution is 2.25. The van der Waals surface area contributed by atoms with Crippen LogP contribution in [0, 0.1) is 12.8 Å². The van der Waals surface area contributed by atoms with Gasteiger partial charge >= 0.3 is 0 Å². The number of aryl methyl sites for hydroxylation is 1. The van der Waals surface area contributed by atoms with E-state index in [2.05, 4.69) is 10.00 Å². The molecule has 2 fully saturated rings. The average Bonchev–Trinajstić information content (AvgIpc) is 2.63. The minimum atomic E-state index is -3.50. The molecule has 2 bridgehead atoms. The summed E-state index contributed by atoms with van der Waals surface area (Å²) in [6.45, 7) is 7.53. The molecule has 3 rings (SSSR count). The standard InChI is InChI=1S/C14H24N4O3S/c1-4-18-11(2)14(5-15-18)22(19,20)17-7-12-6-16(3)13(8-17)10-21-9-12/h5,12-13H,4,6-10H2,1-3H3/t12-,13+/m1/s1. The highest BCUT2D eigenvalue weighted by atomic mass is 32.2. The maximum Gasteiger partial charge on any atom is 0.246 e. The number of sulfonamides is 1. The van der Waals surface area contributed by atoms with Crippen molar-refractivity contribution in [3.05, 3.63) is 11.9 Å². The van der Waals surface area contributed by atoms with Gasteiger partial charge in [0.05, 0.1) is 25.1 Å². The molecule has 0 aliphatic carbocycles. The van der Waals surface area contributed by atoms with Crippen LogP contribution in [0.15, 0.2) is 11.1 Å². The smallest absolute Gasteiger partial charge is 0.246 e. The van der Waals surface area contributed by atoms with Crippen molar-refractivity contribution in [2.45, 2.75) is 31.3 Å². The number of rotatable bonds is 3. The van der Waals surface area contributed by atoms with E-state index in [1.165, 1.54) is 6.20 Å². The summed E-state index contributed by atoms with van der Waals surface area (Å²) in [5, 5.41) is 4.18. The molecule has 2 atom stereocenters. The van der Waals surface area contributed by atoms with Crippen LogP contribution in [0.5, 0.6) is 0 Å². The van der Waals surface area contributed by atoms with Crippen LogP contribution in [0.2, 0.25) is 0 Å². The Morgan fingerprint density at radius 1 is 1.32 bits per heavy atom. The van der Waals surface area contributed by atoms with E-state index in [1.807, 2.05) is 20.9 Å². The van der Waals surface area contributed by atoms with Gasteiger partial charge in [0.1, 0.15) is 4.90 Å². The zero-order chi connectivity index (χ0) is 15.9. The second-order valence-corrected chi connectivity index (χ2v) is 8.14. The Kier molecular flexibility index (Phi) is 4.28. The molecular weight excluding hydrogens is 304 g/mol. The lowest BCUT2D eigenvalue weighted by atomic mass is 10.1. The summed E-state index contributed by atoms with van der Waals surface area (Å²) in [5.41, 5.74) is 0.710. The monoisotopic (exact) mass is 328 g/mol. The van der Waals surface area contributed by atoms with E-state index in [1.54, 1.807) is 8.99 Å². The topological polar surface area (TPSA) is 67.7 Å². The van der Waals surface area contributed by atoms with Gasteiger partial charge in [0.15, 0.2) is 0 Å². The summed E-state index contributed by atoms with van der Waals surface area (Å²) in [6.07, 6.45) is 1.48. The third-order valence-electron chi connectivity index (χ3n) is 4.69. The molecule has 0 radical (unpaired) electrons. The normalized spacial score (nSPS) is 27.8. The summed E-state index contributed by atoms with van der Waals surface area (Å²) in [6, 6.07) is 0.115. The second kappa shape index (κ2) is 5.92. The minimum Gasteiger partial charge on any atom is -0.379 e. The number of ether oxygens (including phenoxy) is 1. The van der Waals surface area contributed by atoms with Crippen molar-refractivity contribution in [3.63, 3.8) is 0 Å². The van der Waals surface area contributed by atoms with Crippen LogP contribution in [0.1, 0.15) is 12.6 Å². The SMILES string of the molecule is CCn1ncc(S(=O)(=O)N2C[C@@H]3COC[C@H](C2)N(C)C3)c1C.